The number of hydrogen-bond donors (Lipinski definition) is 0. The molecule has 0 heterocycles. The van der Waals surface area contributed by atoms with E-state index in [0.717, 1.165) is 0 Å². The van der Waals surface area contributed by atoms with E-state index in [4.69, 9.17) is 9.43 Å². The van der Waals surface area contributed by atoms with Gasteiger partial charge in [-0.05, 0) is 0 Å². The molecule has 3 nitrogen and oxygen atoms in total. The third-order valence-electron chi connectivity index (χ3n) is 0. The Hall–Kier alpha value is 1.53. The molecule has 0 amide bonds. The van der Waals surface area contributed by atoms with Crippen LogP contribution in [0.3, 0.4) is 0 Å². The average molecular weight is 215 g/mol. The van der Waals surface area contributed by atoms with Crippen LogP contribution in [-0.4, -0.2) is 16.2 Å². The van der Waals surface area contributed by atoms with Gasteiger partial charge in [0.1, 0.15) is 0 Å². The van der Waals surface area contributed by atoms with Crippen LogP contribution in [0.25, 0.3) is 0 Å². The normalized spacial score (nSPS) is 1.83. The van der Waals surface area contributed by atoms with Crippen LogP contribution in [0, 0.1) is 0 Å². The standard InChI is InChI=1S/Al.3O.Ti.Zr.H. The van der Waals surface area contributed by atoms with Crippen molar-refractivity contribution in [3.05, 3.63) is 0 Å². The molecule has 0 aliphatic carbocycles. The molecule has 0 radical (unpaired) electrons. The first-order valence-electron chi connectivity index (χ1n) is 0.697. The van der Waals surface area contributed by atoms with E-state index in [1.807, 2.05) is 0 Å². The average Bonchev–Trinajstić information content (AvgIpc) is 1.46. The van der Waals surface area contributed by atoms with Crippen molar-refractivity contribution in [3.8, 4) is 0 Å². The van der Waals surface area contributed by atoms with E-state index in [1.54, 1.807) is 0 Å². The Kier molecular flexibility index (Phi) is 81.4. The second-order valence-corrected chi connectivity index (χ2v) is 0.493. The summed E-state index contributed by atoms with van der Waals surface area (Å²) in [5.41, 5.74) is 0. The van der Waals surface area contributed by atoms with Gasteiger partial charge < -0.3 is 0 Å². The summed E-state index contributed by atoms with van der Waals surface area (Å²) in [7, 11) is 0. The van der Waals surface area contributed by atoms with Gasteiger partial charge in [0.05, 0.1) is 0 Å². The van der Waals surface area contributed by atoms with Crippen molar-refractivity contribution in [3.63, 3.8) is 0 Å². The van der Waals surface area contributed by atoms with Crippen LogP contribution in [-0.2, 0) is 54.4 Å². The fourth-order valence-electron chi connectivity index (χ4n) is 0. The summed E-state index contributed by atoms with van der Waals surface area (Å²) in [4.78, 5) is 0. The van der Waals surface area contributed by atoms with Gasteiger partial charge in [0, 0.05) is 21.7 Å². The number of hydrogen-bond acceptors (Lipinski definition) is 3. The third kappa shape index (κ3) is 48.5. The van der Waals surface area contributed by atoms with Gasteiger partial charge in [-0.1, -0.05) is 0 Å². The van der Waals surface area contributed by atoms with Crippen LogP contribution < -0.4 is 0 Å². The Bertz CT molecular complexity index is 40.1. The predicted molar refractivity (Wildman–Crippen MR) is 9.21 cm³/mol. The molecule has 0 fully saturated rings. The van der Waals surface area contributed by atoms with Crippen molar-refractivity contribution in [2.75, 3.05) is 0 Å². The van der Waals surface area contributed by atoms with E-state index in [-0.39, 0.29) is 21.7 Å². The smallest absolute Gasteiger partial charge is 0 e. The first-order valence-corrected chi connectivity index (χ1v) is 3.28. The SMILES string of the molecule is [O]=[AlH].[O]=[Zr]=[O].[Ti]. The zero-order valence-corrected chi connectivity index (χ0v) is 8.37. The van der Waals surface area contributed by atoms with Gasteiger partial charge >= 0.3 is 48.9 Å². The third-order valence-corrected chi connectivity index (χ3v) is 0. The number of rotatable bonds is 0. The molecule has 0 unspecified atom stereocenters. The molecule has 0 bridgehead atoms. The Balaban J connectivity index is -0.0000000275. The van der Waals surface area contributed by atoms with Gasteiger partial charge in [0.2, 0.25) is 0 Å². The van der Waals surface area contributed by atoms with Crippen LogP contribution in [0.4, 0.5) is 0 Å². The van der Waals surface area contributed by atoms with Crippen molar-refractivity contribution in [1.29, 1.82) is 0 Å². The molecule has 0 atom stereocenters. The minimum atomic E-state index is -2.27. The van der Waals surface area contributed by atoms with Crippen molar-refractivity contribution in [2.45, 2.75) is 0 Å². The monoisotopic (exact) mass is 214 g/mol. The Morgan fingerprint density at radius 1 is 1.17 bits per heavy atom. The molecule has 0 spiro atoms. The van der Waals surface area contributed by atoms with E-state index in [2.05, 4.69) is 0 Å². The van der Waals surface area contributed by atoms with Crippen molar-refractivity contribution in [2.24, 2.45) is 0 Å². The zero-order valence-electron chi connectivity index (χ0n) is 2.93. The molecular weight excluding hydrogens is 214 g/mol. The van der Waals surface area contributed by atoms with Crippen LogP contribution in [0.5, 0.6) is 0 Å². The predicted octanol–water partition coefficient (Wildman–Crippen LogP) is -1.01. The van der Waals surface area contributed by atoms with E-state index >= 15 is 0 Å². The Labute approximate surface area is 69.8 Å². The molecule has 0 aliphatic rings. The molecule has 0 aromatic carbocycles. The molecular formula is HAlO3TiZr. The van der Waals surface area contributed by atoms with Gasteiger partial charge in [-0.25, -0.2) is 0 Å². The van der Waals surface area contributed by atoms with Gasteiger partial charge in [0.25, 0.3) is 0 Å². The van der Waals surface area contributed by atoms with Crippen molar-refractivity contribution >= 4 is 16.2 Å². The quantitative estimate of drug-likeness (QED) is 0.486. The van der Waals surface area contributed by atoms with Crippen LogP contribution in [0.1, 0.15) is 0 Å². The van der Waals surface area contributed by atoms with Crippen molar-refractivity contribution in [1.82, 2.24) is 0 Å². The molecule has 6 heteroatoms. The maximum Gasteiger partial charge on any atom is 0 e. The first kappa shape index (κ1) is 15.6. The fraction of sp³-hybridized carbons (Fsp3) is 0. The van der Waals surface area contributed by atoms with Crippen LogP contribution in [0.15, 0.2) is 0 Å². The van der Waals surface area contributed by atoms with E-state index in [9.17, 15) is 0 Å². The summed E-state index contributed by atoms with van der Waals surface area (Å²) in [6, 6.07) is 0. The zero-order chi connectivity index (χ0) is 4.71. The summed E-state index contributed by atoms with van der Waals surface area (Å²) >= 11 is -1.66. The van der Waals surface area contributed by atoms with E-state index < -0.39 is 23.2 Å². The molecule has 0 aliphatic heterocycles. The van der Waals surface area contributed by atoms with Gasteiger partial charge in [-0.3, -0.25) is 0 Å². The molecule has 0 saturated carbocycles. The van der Waals surface area contributed by atoms with Gasteiger partial charge in [0.15, 0.2) is 0 Å². The summed E-state index contributed by atoms with van der Waals surface area (Å²) in [6.07, 6.45) is 0. The molecule has 0 rings (SSSR count). The molecule has 0 aromatic rings. The largest absolute Gasteiger partial charge is 0 e. The summed E-state index contributed by atoms with van der Waals surface area (Å²) in [5, 5.41) is 0. The minimum absolute atomic E-state index is 0. The Morgan fingerprint density at radius 3 is 1.17 bits per heavy atom. The van der Waals surface area contributed by atoms with Crippen LogP contribution >= 0.6 is 0 Å². The van der Waals surface area contributed by atoms with E-state index in [1.165, 1.54) is 0 Å². The maximum absolute atomic E-state index is 8.54. The summed E-state index contributed by atoms with van der Waals surface area (Å²) in [6.45, 7) is 0. The Morgan fingerprint density at radius 2 is 1.17 bits per heavy atom. The second-order valence-electron chi connectivity index (χ2n) is 0.0833. The van der Waals surface area contributed by atoms with Crippen LogP contribution in [0.2, 0.25) is 0 Å². The van der Waals surface area contributed by atoms with Gasteiger partial charge in [-0.15, -0.1) is 0 Å². The second kappa shape index (κ2) is 31.2. The molecule has 0 aromatic heterocycles. The van der Waals surface area contributed by atoms with E-state index in [0.29, 0.717) is 16.2 Å². The van der Waals surface area contributed by atoms with Crippen molar-refractivity contribution < 1.29 is 54.4 Å². The minimum Gasteiger partial charge on any atom is 0 e. The first-order chi connectivity index (χ1) is 2.41. The molecule has 0 N–H and O–H groups in total. The molecule has 30 valence electrons. The summed E-state index contributed by atoms with van der Waals surface area (Å²) in [5.74, 6) is 0. The maximum atomic E-state index is 8.54. The molecule has 0 saturated heterocycles. The summed E-state index contributed by atoms with van der Waals surface area (Å²) < 4.78 is 25.4. The van der Waals surface area contributed by atoms with Gasteiger partial charge in [-0.2, -0.15) is 0 Å². The molecule has 6 heavy (non-hydrogen) atoms. The fourth-order valence-corrected chi connectivity index (χ4v) is 0. The topological polar surface area (TPSA) is 51.2 Å².